The third kappa shape index (κ3) is 3.02. The van der Waals surface area contributed by atoms with E-state index in [2.05, 4.69) is 12.1 Å². The van der Waals surface area contributed by atoms with Gasteiger partial charge in [-0.3, -0.25) is 5.01 Å². The van der Waals surface area contributed by atoms with Gasteiger partial charge in [0.1, 0.15) is 11.5 Å². The zero-order chi connectivity index (χ0) is 17.9. The molecule has 1 heterocycles. The Labute approximate surface area is 153 Å². The Hall–Kier alpha value is -3.27. The van der Waals surface area contributed by atoms with Crippen LogP contribution in [0, 0.1) is 0 Å². The Morgan fingerprint density at radius 2 is 1.62 bits per heavy atom. The zero-order valence-electron chi connectivity index (χ0n) is 14.5. The summed E-state index contributed by atoms with van der Waals surface area (Å²) in [5.74, 6) is 1.09. The van der Waals surface area contributed by atoms with Crippen molar-refractivity contribution in [3.05, 3.63) is 90.0 Å². The van der Waals surface area contributed by atoms with Crippen molar-refractivity contribution in [3.63, 3.8) is 0 Å². The fourth-order valence-corrected chi connectivity index (χ4v) is 3.30. The summed E-state index contributed by atoms with van der Waals surface area (Å²) in [5, 5.41) is 17.1. The van der Waals surface area contributed by atoms with Crippen molar-refractivity contribution in [2.24, 2.45) is 5.10 Å². The highest BCUT2D eigenvalue weighted by atomic mass is 16.5. The highest BCUT2D eigenvalue weighted by molar-refractivity contribution is 6.05. The average Bonchev–Trinajstić information content (AvgIpc) is 3.14. The lowest BCUT2D eigenvalue weighted by Gasteiger charge is -2.24. The van der Waals surface area contributed by atoms with E-state index in [0.717, 1.165) is 34.7 Å². The number of methoxy groups -OCH3 is 1. The van der Waals surface area contributed by atoms with Crippen LogP contribution in [-0.4, -0.2) is 17.9 Å². The van der Waals surface area contributed by atoms with E-state index >= 15 is 0 Å². The second-order valence-electron chi connectivity index (χ2n) is 6.24. The molecule has 1 unspecified atom stereocenters. The maximum atomic E-state index is 10.2. The first-order chi connectivity index (χ1) is 12.8. The number of phenolic OH excluding ortho intramolecular Hbond substituents is 1. The number of para-hydroxylation sites is 2. The van der Waals surface area contributed by atoms with Gasteiger partial charge in [0.25, 0.3) is 0 Å². The molecule has 26 heavy (non-hydrogen) atoms. The molecule has 0 radical (unpaired) electrons. The Balaban J connectivity index is 1.74. The Morgan fingerprint density at radius 3 is 2.31 bits per heavy atom. The van der Waals surface area contributed by atoms with E-state index in [9.17, 15) is 5.11 Å². The van der Waals surface area contributed by atoms with Gasteiger partial charge in [-0.2, -0.15) is 5.10 Å². The van der Waals surface area contributed by atoms with Gasteiger partial charge < -0.3 is 9.84 Å². The predicted octanol–water partition coefficient (Wildman–Crippen LogP) is 4.76. The van der Waals surface area contributed by atoms with E-state index in [-0.39, 0.29) is 11.8 Å². The number of rotatable bonds is 4. The Morgan fingerprint density at radius 1 is 0.923 bits per heavy atom. The molecule has 4 nitrogen and oxygen atoms in total. The van der Waals surface area contributed by atoms with Crippen LogP contribution >= 0.6 is 0 Å². The number of phenols is 1. The molecule has 0 fully saturated rings. The number of hydrazone groups is 1. The summed E-state index contributed by atoms with van der Waals surface area (Å²) in [4.78, 5) is 0. The summed E-state index contributed by atoms with van der Waals surface area (Å²) in [7, 11) is 1.67. The van der Waals surface area contributed by atoms with E-state index in [1.54, 1.807) is 13.2 Å². The molecule has 4 rings (SSSR count). The number of ether oxygens (including phenoxy) is 1. The van der Waals surface area contributed by atoms with Gasteiger partial charge in [-0.15, -0.1) is 0 Å². The summed E-state index contributed by atoms with van der Waals surface area (Å²) in [6.45, 7) is 0. The monoisotopic (exact) mass is 344 g/mol. The van der Waals surface area contributed by atoms with Crippen molar-refractivity contribution in [2.45, 2.75) is 12.5 Å². The van der Waals surface area contributed by atoms with E-state index in [1.165, 1.54) is 0 Å². The Kier molecular flexibility index (Phi) is 4.32. The van der Waals surface area contributed by atoms with Crippen molar-refractivity contribution in [3.8, 4) is 11.5 Å². The molecule has 1 atom stereocenters. The number of hydrogen-bond acceptors (Lipinski definition) is 4. The van der Waals surface area contributed by atoms with Crippen LogP contribution in [0.5, 0.6) is 11.5 Å². The average molecular weight is 344 g/mol. The van der Waals surface area contributed by atoms with Gasteiger partial charge in [-0.05, 0) is 42.0 Å². The molecule has 0 aromatic heterocycles. The summed E-state index contributed by atoms with van der Waals surface area (Å²) < 4.78 is 5.27. The molecule has 0 spiro atoms. The summed E-state index contributed by atoms with van der Waals surface area (Å²) in [6, 6.07) is 25.6. The van der Waals surface area contributed by atoms with Gasteiger partial charge in [0, 0.05) is 12.0 Å². The summed E-state index contributed by atoms with van der Waals surface area (Å²) >= 11 is 0. The van der Waals surface area contributed by atoms with Gasteiger partial charge in [0.2, 0.25) is 0 Å². The van der Waals surface area contributed by atoms with Crippen LogP contribution in [-0.2, 0) is 0 Å². The highest BCUT2D eigenvalue weighted by Crippen LogP contribution is 2.38. The smallest absolute Gasteiger partial charge is 0.124 e. The third-order valence-electron chi connectivity index (χ3n) is 4.65. The number of benzene rings is 3. The molecule has 0 aliphatic carbocycles. The van der Waals surface area contributed by atoms with Crippen LogP contribution in [0.1, 0.15) is 23.6 Å². The minimum absolute atomic E-state index is 0.0675. The van der Waals surface area contributed by atoms with Crippen molar-refractivity contribution < 1.29 is 9.84 Å². The molecule has 3 aromatic rings. The molecule has 0 amide bonds. The van der Waals surface area contributed by atoms with Crippen LogP contribution in [0.25, 0.3) is 0 Å². The van der Waals surface area contributed by atoms with Gasteiger partial charge in [-0.25, -0.2) is 0 Å². The van der Waals surface area contributed by atoms with Gasteiger partial charge >= 0.3 is 0 Å². The number of aromatic hydroxyl groups is 1. The standard InChI is InChI=1S/C22H20N2O2/c1-26-18-13-11-16(12-14-18)21-15-20(19-9-5-6-10-22(19)25)23-24(21)17-7-3-2-4-8-17/h2-14,21,25H,15H2,1H3. The number of anilines is 1. The number of nitrogens with zero attached hydrogens (tertiary/aromatic N) is 2. The summed E-state index contributed by atoms with van der Waals surface area (Å²) in [6.07, 6.45) is 0.721. The van der Waals surface area contributed by atoms with Gasteiger partial charge in [0.05, 0.1) is 24.6 Å². The normalized spacial score (nSPS) is 16.4. The first-order valence-corrected chi connectivity index (χ1v) is 8.60. The fourth-order valence-electron chi connectivity index (χ4n) is 3.30. The quantitative estimate of drug-likeness (QED) is 0.742. The van der Waals surface area contributed by atoms with Crippen molar-refractivity contribution in [1.29, 1.82) is 0 Å². The SMILES string of the molecule is COc1ccc(C2CC(c3ccccc3O)=NN2c2ccccc2)cc1. The van der Waals surface area contributed by atoms with Crippen LogP contribution in [0.3, 0.4) is 0 Å². The maximum Gasteiger partial charge on any atom is 0.124 e. The molecule has 1 N–H and O–H groups in total. The minimum atomic E-state index is 0.0675. The van der Waals surface area contributed by atoms with Gasteiger partial charge in [0.15, 0.2) is 0 Å². The van der Waals surface area contributed by atoms with Crippen molar-refractivity contribution in [1.82, 2.24) is 0 Å². The van der Waals surface area contributed by atoms with Crippen LogP contribution in [0.4, 0.5) is 5.69 Å². The van der Waals surface area contributed by atoms with Gasteiger partial charge in [-0.1, -0.05) is 42.5 Å². The van der Waals surface area contributed by atoms with Crippen molar-refractivity contribution in [2.75, 3.05) is 12.1 Å². The van der Waals surface area contributed by atoms with E-state index < -0.39 is 0 Å². The second kappa shape index (κ2) is 6.92. The largest absolute Gasteiger partial charge is 0.507 e. The molecule has 0 saturated carbocycles. The predicted molar refractivity (Wildman–Crippen MR) is 104 cm³/mol. The number of hydrogen-bond donors (Lipinski definition) is 1. The van der Waals surface area contributed by atoms with E-state index in [4.69, 9.17) is 9.84 Å². The van der Waals surface area contributed by atoms with Crippen LogP contribution in [0.2, 0.25) is 0 Å². The first kappa shape index (κ1) is 16.2. The van der Waals surface area contributed by atoms with Crippen LogP contribution < -0.4 is 9.75 Å². The molecular formula is C22H20N2O2. The van der Waals surface area contributed by atoms with Crippen molar-refractivity contribution >= 4 is 11.4 Å². The van der Waals surface area contributed by atoms with Crippen LogP contribution in [0.15, 0.2) is 84.0 Å². The topological polar surface area (TPSA) is 45.1 Å². The third-order valence-corrected chi connectivity index (χ3v) is 4.65. The fraction of sp³-hybridized carbons (Fsp3) is 0.136. The molecule has 3 aromatic carbocycles. The lowest BCUT2D eigenvalue weighted by Crippen LogP contribution is -2.18. The van der Waals surface area contributed by atoms with E-state index in [1.807, 2.05) is 65.7 Å². The van der Waals surface area contributed by atoms with E-state index in [0.29, 0.717) is 0 Å². The Bertz CT molecular complexity index is 920. The molecule has 1 aliphatic heterocycles. The summed E-state index contributed by atoms with van der Waals surface area (Å²) in [5.41, 5.74) is 3.85. The minimum Gasteiger partial charge on any atom is -0.507 e. The first-order valence-electron chi connectivity index (χ1n) is 8.60. The molecule has 0 bridgehead atoms. The molecule has 130 valence electrons. The lowest BCUT2D eigenvalue weighted by molar-refractivity contribution is 0.414. The molecule has 1 aliphatic rings. The molecule has 4 heteroatoms. The zero-order valence-corrected chi connectivity index (χ0v) is 14.5. The second-order valence-corrected chi connectivity index (χ2v) is 6.24. The highest BCUT2D eigenvalue weighted by Gasteiger charge is 2.30. The lowest BCUT2D eigenvalue weighted by atomic mass is 9.97. The molecular weight excluding hydrogens is 324 g/mol. The maximum absolute atomic E-state index is 10.2. The molecule has 0 saturated heterocycles.